The third-order valence-electron chi connectivity index (χ3n) is 3.48. The van der Waals surface area contributed by atoms with E-state index in [4.69, 9.17) is 0 Å². The van der Waals surface area contributed by atoms with Crippen molar-refractivity contribution in [2.24, 2.45) is 5.41 Å². The van der Waals surface area contributed by atoms with Crippen LogP contribution >= 0.6 is 0 Å². The molecule has 0 spiro atoms. The molecule has 0 unspecified atom stereocenters. The van der Waals surface area contributed by atoms with Crippen molar-refractivity contribution in [1.82, 2.24) is 14.7 Å². The highest BCUT2D eigenvalue weighted by molar-refractivity contribution is 5.88. The van der Waals surface area contributed by atoms with Crippen LogP contribution in [0.15, 0.2) is 12.3 Å². The predicted octanol–water partition coefficient (Wildman–Crippen LogP) is 2.90. The maximum atomic E-state index is 12.3. The highest BCUT2D eigenvalue weighted by Crippen LogP contribution is 2.29. The van der Waals surface area contributed by atoms with E-state index in [9.17, 15) is 4.79 Å². The van der Waals surface area contributed by atoms with Gasteiger partial charge in [0.1, 0.15) is 5.82 Å². The summed E-state index contributed by atoms with van der Waals surface area (Å²) in [5.74, 6) is 0.752. The number of urea groups is 1. The second-order valence-electron chi connectivity index (χ2n) is 7.06. The molecule has 0 saturated carbocycles. The van der Waals surface area contributed by atoms with Crippen LogP contribution in [0.2, 0.25) is 0 Å². The Kier molecular flexibility index (Phi) is 3.32. The zero-order valence-electron chi connectivity index (χ0n) is 12.5. The second-order valence-corrected chi connectivity index (χ2v) is 7.06. The van der Waals surface area contributed by atoms with Crippen molar-refractivity contribution >= 4 is 11.8 Å². The molecule has 1 N–H and O–H groups in total. The summed E-state index contributed by atoms with van der Waals surface area (Å²) in [5.41, 5.74) is 0.0814. The topological polar surface area (TPSA) is 50.2 Å². The second kappa shape index (κ2) is 4.54. The minimum atomic E-state index is -0.142. The number of hydrogen-bond donors (Lipinski definition) is 1. The smallest absolute Gasteiger partial charge is 0.323 e. The van der Waals surface area contributed by atoms with Crippen molar-refractivity contribution < 1.29 is 4.79 Å². The van der Waals surface area contributed by atoms with Gasteiger partial charge in [-0.25, -0.2) is 9.48 Å². The van der Waals surface area contributed by atoms with E-state index in [1.54, 1.807) is 6.20 Å². The molecule has 1 aliphatic heterocycles. The van der Waals surface area contributed by atoms with Gasteiger partial charge in [-0.2, -0.15) is 5.10 Å². The molecule has 1 aromatic rings. The van der Waals surface area contributed by atoms with Crippen LogP contribution in [-0.4, -0.2) is 33.8 Å². The quantitative estimate of drug-likeness (QED) is 0.848. The molecule has 2 heterocycles. The van der Waals surface area contributed by atoms with E-state index >= 15 is 0 Å². The molecule has 0 atom stereocenters. The summed E-state index contributed by atoms with van der Waals surface area (Å²) in [4.78, 5) is 14.1. The molecule has 0 aromatic carbocycles. The van der Waals surface area contributed by atoms with Crippen molar-refractivity contribution in [1.29, 1.82) is 0 Å². The molecule has 0 radical (unpaired) electrons. The first-order valence-electron chi connectivity index (χ1n) is 6.79. The number of hydrogen-bond acceptors (Lipinski definition) is 2. The Labute approximate surface area is 115 Å². The van der Waals surface area contributed by atoms with Crippen molar-refractivity contribution in [2.45, 2.75) is 46.6 Å². The van der Waals surface area contributed by atoms with Gasteiger partial charge in [0.2, 0.25) is 0 Å². The van der Waals surface area contributed by atoms with Crippen LogP contribution in [-0.2, 0) is 5.54 Å². The number of nitrogens with one attached hydrogen (secondary N) is 1. The lowest BCUT2D eigenvalue weighted by atomic mass is 9.93. The van der Waals surface area contributed by atoms with Crippen LogP contribution in [0.5, 0.6) is 0 Å². The first-order chi connectivity index (χ1) is 8.69. The Bertz CT molecular complexity index is 470. The normalized spacial score (nSPS) is 18.7. The van der Waals surface area contributed by atoms with E-state index < -0.39 is 0 Å². The molecule has 106 valence electrons. The van der Waals surface area contributed by atoms with E-state index in [2.05, 4.69) is 45.0 Å². The predicted molar refractivity (Wildman–Crippen MR) is 76.2 cm³/mol. The zero-order chi connectivity index (χ0) is 14.3. The first-order valence-corrected chi connectivity index (χ1v) is 6.79. The standard InChI is InChI=1S/C14H24N4O/c1-13(2,3)18-11(6-8-15-18)16-12(19)17-9-7-14(4,5)10-17/h6,8H,7,9-10H2,1-5H3,(H,16,19). The molecule has 1 fully saturated rings. The lowest BCUT2D eigenvalue weighted by Gasteiger charge is -2.24. The van der Waals surface area contributed by atoms with Crippen molar-refractivity contribution in [3.8, 4) is 0 Å². The highest BCUT2D eigenvalue weighted by Gasteiger charge is 2.32. The van der Waals surface area contributed by atoms with Gasteiger partial charge in [0.15, 0.2) is 0 Å². The molecule has 5 heteroatoms. The molecular weight excluding hydrogens is 240 g/mol. The summed E-state index contributed by atoms with van der Waals surface area (Å²) < 4.78 is 1.84. The van der Waals surface area contributed by atoms with Crippen LogP contribution < -0.4 is 5.32 Å². The minimum Gasteiger partial charge on any atom is -0.324 e. The van der Waals surface area contributed by atoms with Crippen LogP contribution in [0.3, 0.4) is 0 Å². The summed E-state index contributed by atoms with van der Waals surface area (Å²) in [5, 5.41) is 7.24. The third kappa shape index (κ3) is 3.08. The fraction of sp³-hybridized carbons (Fsp3) is 0.714. The molecule has 2 rings (SSSR count). The van der Waals surface area contributed by atoms with Crippen molar-refractivity contribution in [3.05, 3.63) is 12.3 Å². The molecular formula is C14H24N4O. The Balaban J connectivity index is 2.06. The number of amides is 2. The molecule has 0 aliphatic carbocycles. The number of nitrogens with zero attached hydrogens (tertiary/aromatic N) is 3. The van der Waals surface area contributed by atoms with Gasteiger partial charge in [0.25, 0.3) is 0 Å². The summed E-state index contributed by atoms with van der Waals surface area (Å²) in [6.07, 6.45) is 2.77. The average Bonchev–Trinajstić information content (AvgIpc) is 2.83. The van der Waals surface area contributed by atoms with Gasteiger partial charge in [-0.05, 0) is 32.6 Å². The fourth-order valence-electron chi connectivity index (χ4n) is 2.41. The molecule has 0 bridgehead atoms. The minimum absolute atomic E-state index is 0.0309. The molecule has 2 amide bonds. The number of aromatic nitrogens is 2. The highest BCUT2D eigenvalue weighted by atomic mass is 16.2. The van der Waals surface area contributed by atoms with E-state index in [0.717, 1.165) is 25.3 Å². The number of likely N-dealkylation sites (tertiary alicyclic amines) is 1. The van der Waals surface area contributed by atoms with Gasteiger partial charge < -0.3 is 4.90 Å². The van der Waals surface area contributed by atoms with Gasteiger partial charge in [-0.3, -0.25) is 5.32 Å². The maximum Gasteiger partial charge on any atom is 0.323 e. The van der Waals surface area contributed by atoms with Gasteiger partial charge in [0, 0.05) is 19.2 Å². The molecule has 19 heavy (non-hydrogen) atoms. The van der Waals surface area contributed by atoms with Gasteiger partial charge >= 0.3 is 6.03 Å². The lowest BCUT2D eigenvalue weighted by molar-refractivity contribution is 0.216. The van der Waals surface area contributed by atoms with E-state index in [0.29, 0.717) is 0 Å². The van der Waals surface area contributed by atoms with Crippen molar-refractivity contribution in [3.63, 3.8) is 0 Å². The average molecular weight is 264 g/mol. The molecule has 1 aromatic heterocycles. The Morgan fingerprint density at radius 1 is 1.42 bits per heavy atom. The van der Waals surface area contributed by atoms with Gasteiger partial charge in [-0.1, -0.05) is 13.8 Å². The SMILES string of the molecule is CC1(C)CCN(C(=O)Nc2ccnn2C(C)(C)C)C1. The Morgan fingerprint density at radius 2 is 2.11 bits per heavy atom. The van der Waals surface area contributed by atoms with Crippen LogP contribution in [0.25, 0.3) is 0 Å². The Morgan fingerprint density at radius 3 is 2.63 bits per heavy atom. The number of carbonyl (C=O) groups excluding carboxylic acids is 1. The van der Waals surface area contributed by atoms with Crippen LogP contribution in [0.1, 0.15) is 41.0 Å². The summed E-state index contributed by atoms with van der Waals surface area (Å²) in [6, 6.07) is 1.81. The summed E-state index contributed by atoms with van der Waals surface area (Å²) in [6.45, 7) is 12.2. The lowest BCUT2D eigenvalue weighted by Crippen LogP contribution is -2.36. The molecule has 1 saturated heterocycles. The van der Waals surface area contributed by atoms with Gasteiger partial charge in [-0.15, -0.1) is 0 Å². The van der Waals surface area contributed by atoms with E-state index in [-0.39, 0.29) is 17.0 Å². The maximum absolute atomic E-state index is 12.3. The summed E-state index contributed by atoms with van der Waals surface area (Å²) >= 11 is 0. The monoisotopic (exact) mass is 264 g/mol. The zero-order valence-corrected chi connectivity index (χ0v) is 12.5. The fourth-order valence-corrected chi connectivity index (χ4v) is 2.41. The van der Waals surface area contributed by atoms with Crippen molar-refractivity contribution in [2.75, 3.05) is 18.4 Å². The number of rotatable bonds is 1. The number of anilines is 1. The van der Waals surface area contributed by atoms with Crippen LogP contribution in [0.4, 0.5) is 10.6 Å². The van der Waals surface area contributed by atoms with Gasteiger partial charge in [0.05, 0.1) is 11.7 Å². The van der Waals surface area contributed by atoms with E-state index in [1.165, 1.54) is 0 Å². The Hall–Kier alpha value is -1.52. The van der Waals surface area contributed by atoms with E-state index in [1.807, 2.05) is 15.6 Å². The molecule has 1 aliphatic rings. The molecule has 5 nitrogen and oxygen atoms in total. The number of carbonyl (C=O) groups is 1. The third-order valence-corrected chi connectivity index (χ3v) is 3.48. The van der Waals surface area contributed by atoms with Crippen LogP contribution in [0, 0.1) is 5.41 Å². The first kappa shape index (κ1) is 13.9. The summed E-state index contributed by atoms with van der Waals surface area (Å²) in [7, 11) is 0. The largest absolute Gasteiger partial charge is 0.324 e.